The average molecular weight is 156 g/mol. The lowest BCUT2D eigenvalue weighted by atomic mass is 9.74. The molecule has 0 bridgehead atoms. The quantitative estimate of drug-likeness (QED) is 0.515. The minimum Gasteiger partial charge on any atom is -0.389 e. The van der Waals surface area contributed by atoms with E-state index in [0.29, 0.717) is 6.42 Å². The molecule has 0 spiro atoms. The van der Waals surface area contributed by atoms with Gasteiger partial charge in [0.15, 0.2) is 0 Å². The predicted octanol–water partition coefficient (Wildman–Crippen LogP) is 1.08. The molecule has 2 atom stereocenters. The molecule has 1 rings (SSSR count). The fourth-order valence-corrected chi connectivity index (χ4v) is 1.72. The Hall–Kier alpha value is -0.340. The van der Waals surface area contributed by atoms with Gasteiger partial charge in [0, 0.05) is 0 Å². The highest BCUT2D eigenvalue weighted by Gasteiger charge is 2.34. The third kappa shape index (κ3) is 1.63. The molecule has 11 heavy (non-hydrogen) atoms. The van der Waals surface area contributed by atoms with Crippen LogP contribution in [0, 0.1) is 5.41 Å². The maximum atomic E-state index is 9.64. The first-order chi connectivity index (χ1) is 4.93. The third-order valence-electron chi connectivity index (χ3n) is 2.36. The van der Waals surface area contributed by atoms with Gasteiger partial charge in [-0.15, -0.1) is 0 Å². The molecule has 0 aromatic rings. The molecule has 0 fully saturated rings. The van der Waals surface area contributed by atoms with Gasteiger partial charge in [-0.05, 0) is 24.3 Å². The minimum atomic E-state index is -0.397. The summed E-state index contributed by atoms with van der Waals surface area (Å²) in [4.78, 5) is 0. The van der Waals surface area contributed by atoms with Crippen molar-refractivity contribution in [3.8, 4) is 0 Å². The lowest BCUT2D eigenvalue weighted by molar-refractivity contribution is 0.0277. The van der Waals surface area contributed by atoms with Crippen molar-refractivity contribution in [2.45, 2.75) is 39.4 Å². The summed E-state index contributed by atoms with van der Waals surface area (Å²) in [5.74, 6) is 0. The van der Waals surface area contributed by atoms with E-state index in [1.165, 1.54) is 0 Å². The summed E-state index contributed by atoms with van der Waals surface area (Å²) in [5, 5.41) is 19.0. The monoisotopic (exact) mass is 156 g/mol. The van der Waals surface area contributed by atoms with E-state index in [4.69, 9.17) is 0 Å². The molecule has 0 aliphatic heterocycles. The molecular formula is C9H16O2. The van der Waals surface area contributed by atoms with Crippen molar-refractivity contribution in [2.75, 3.05) is 0 Å². The molecule has 2 heteroatoms. The highest BCUT2D eigenvalue weighted by atomic mass is 16.3. The van der Waals surface area contributed by atoms with Gasteiger partial charge < -0.3 is 10.2 Å². The van der Waals surface area contributed by atoms with Crippen LogP contribution in [0.25, 0.3) is 0 Å². The van der Waals surface area contributed by atoms with Crippen LogP contribution in [0.15, 0.2) is 11.6 Å². The Bertz CT molecular complexity index is 182. The Labute approximate surface area is 67.6 Å². The van der Waals surface area contributed by atoms with Gasteiger partial charge in [0.25, 0.3) is 0 Å². The Morgan fingerprint density at radius 2 is 2.00 bits per heavy atom. The Morgan fingerprint density at radius 3 is 2.45 bits per heavy atom. The first-order valence-electron chi connectivity index (χ1n) is 3.98. The van der Waals surface area contributed by atoms with Crippen LogP contribution in [0.3, 0.4) is 0 Å². The minimum absolute atomic E-state index is 0.182. The summed E-state index contributed by atoms with van der Waals surface area (Å²) >= 11 is 0. The van der Waals surface area contributed by atoms with Crippen LogP contribution in [-0.4, -0.2) is 22.4 Å². The van der Waals surface area contributed by atoms with Crippen molar-refractivity contribution in [1.82, 2.24) is 0 Å². The molecule has 0 unspecified atom stereocenters. The van der Waals surface area contributed by atoms with Crippen molar-refractivity contribution in [3.63, 3.8) is 0 Å². The van der Waals surface area contributed by atoms with E-state index in [2.05, 4.69) is 0 Å². The fraction of sp³-hybridized carbons (Fsp3) is 0.778. The van der Waals surface area contributed by atoms with E-state index < -0.39 is 6.10 Å². The van der Waals surface area contributed by atoms with Gasteiger partial charge in [-0.1, -0.05) is 19.9 Å². The number of hydrogen-bond donors (Lipinski definition) is 2. The molecule has 0 saturated heterocycles. The summed E-state index contributed by atoms with van der Waals surface area (Å²) in [7, 11) is 0. The van der Waals surface area contributed by atoms with Gasteiger partial charge in [-0.25, -0.2) is 0 Å². The van der Waals surface area contributed by atoms with Gasteiger partial charge in [0.2, 0.25) is 0 Å². The van der Waals surface area contributed by atoms with Crippen LogP contribution in [0.5, 0.6) is 0 Å². The van der Waals surface area contributed by atoms with E-state index in [9.17, 15) is 10.2 Å². The molecule has 1 aliphatic carbocycles. The topological polar surface area (TPSA) is 40.5 Å². The van der Waals surface area contributed by atoms with Crippen molar-refractivity contribution >= 4 is 0 Å². The summed E-state index contributed by atoms with van der Waals surface area (Å²) in [6, 6.07) is 0. The fourth-order valence-electron chi connectivity index (χ4n) is 1.72. The number of aliphatic hydroxyl groups is 2. The number of aliphatic hydroxyl groups excluding tert-OH is 2. The molecule has 0 aromatic heterocycles. The van der Waals surface area contributed by atoms with Gasteiger partial charge >= 0.3 is 0 Å². The number of hydrogen-bond acceptors (Lipinski definition) is 2. The molecule has 2 N–H and O–H groups in total. The van der Waals surface area contributed by atoms with E-state index in [1.807, 2.05) is 20.8 Å². The summed E-state index contributed by atoms with van der Waals surface area (Å²) in [5.41, 5.74) is 0.701. The molecule has 0 aromatic carbocycles. The Morgan fingerprint density at radius 1 is 1.45 bits per heavy atom. The zero-order valence-corrected chi connectivity index (χ0v) is 7.33. The SMILES string of the molecule is CC1=C[C@@H](O)CC(C)(C)[C@@H]1O. The summed E-state index contributed by atoms with van der Waals surface area (Å²) < 4.78 is 0. The predicted molar refractivity (Wildman–Crippen MR) is 44.2 cm³/mol. The molecule has 64 valence electrons. The second-order valence-electron chi connectivity index (χ2n) is 4.07. The van der Waals surface area contributed by atoms with E-state index in [-0.39, 0.29) is 11.5 Å². The molecule has 1 aliphatic rings. The van der Waals surface area contributed by atoms with Crippen molar-refractivity contribution in [2.24, 2.45) is 5.41 Å². The number of rotatable bonds is 0. The highest BCUT2D eigenvalue weighted by Crippen LogP contribution is 2.35. The largest absolute Gasteiger partial charge is 0.389 e. The van der Waals surface area contributed by atoms with Crippen LogP contribution >= 0.6 is 0 Å². The first kappa shape index (κ1) is 8.75. The van der Waals surface area contributed by atoms with Crippen molar-refractivity contribution in [1.29, 1.82) is 0 Å². The van der Waals surface area contributed by atoms with Gasteiger partial charge in [0.1, 0.15) is 0 Å². The third-order valence-corrected chi connectivity index (χ3v) is 2.36. The van der Waals surface area contributed by atoms with Gasteiger partial charge in [-0.3, -0.25) is 0 Å². The van der Waals surface area contributed by atoms with Crippen LogP contribution in [0.1, 0.15) is 27.2 Å². The molecule has 2 nitrogen and oxygen atoms in total. The zero-order valence-electron chi connectivity index (χ0n) is 7.33. The molecule has 0 saturated carbocycles. The molecule has 0 heterocycles. The second-order valence-corrected chi connectivity index (χ2v) is 4.07. The normalized spacial score (nSPS) is 36.6. The molecule has 0 radical (unpaired) electrons. The molecular weight excluding hydrogens is 140 g/mol. The van der Waals surface area contributed by atoms with Crippen LogP contribution in [0.4, 0.5) is 0 Å². The standard InChI is InChI=1S/C9H16O2/c1-6-4-7(10)5-9(2,3)8(6)11/h4,7-8,10-11H,5H2,1-3H3/t7-,8-/m1/s1. The maximum Gasteiger partial charge on any atom is 0.0800 e. The second kappa shape index (κ2) is 2.61. The van der Waals surface area contributed by atoms with Gasteiger partial charge in [-0.2, -0.15) is 0 Å². The highest BCUT2D eigenvalue weighted by molar-refractivity contribution is 5.16. The van der Waals surface area contributed by atoms with Crippen LogP contribution in [-0.2, 0) is 0 Å². The van der Waals surface area contributed by atoms with E-state index in [0.717, 1.165) is 5.57 Å². The van der Waals surface area contributed by atoms with Crippen molar-refractivity contribution in [3.05, 3.63) is 11.6 Å². The van der Waals surface area contributed by atoms with Gasteiger partial charge in [0.05, 0.1) is 12.2 Å². The lowest BCUT2D eigenvalue weighted by Crippen LogP contribution is -2.37. The van der Waals surface area contributed by atoms with E-state index >= 15 is 0 Å². The first-order valence-corrected chi connectivity index (χ1v) is 3.98. The lowest BCUT2D eigenvalue weighted by Gasteiger charge is -2.36. The average Bonchev–Trinajstić information content (AvgIpc) is 1.81. The Balaban J connectivity index is 2.86. The van der Waals surface area contributed by atoms with Crippen molar-refractivity contribution < 1.29 is 10.2 Å². The maximum absolute atomic E-state index is 9.64. The summed E-state index contributed by atoms with van der Waals surface area (Å²) in [6.07, 6.45) is 1.60. The van der Waals surface area contributed by atoms with Crippen LogP contribution < -0.4 is 0 Å². The summed E-state index contributed by atoms with van der Waals surface area (Å²) in [6.45, 7) is 5.80. The van der Waals surface area contributed by atoms with Crippen LogP contribution in [0.2, 0.25) is 0 Å². The Kier molecular flexibility index (Phi) is 2.08. The zero-order chi connectivity index (χ0) is 8.65. The van der Waals surface area contributed by atoms with E-state index in [1.54, 1.807) is 6.08 Å². The smallest absolute Gasteiger partial charge is 0.0800 e. The molecule has 0 amide bonds.